The van der Waals surface area contributed by atoms with Crippen molar-refractivity contribution >= 4 is 0 Å². The molecule has 2 heteroatoms. The van der Waals surface area contributed by atoms with Crippen LogP contribution in [0.1, 0.15) is 54.4 Å². The van der Waals surface area contributed by atoms with Crippen molar-refractivity contribution in [3.05, 3.63) is 0 Å². The summed E-state index contributed by atoms with van der Waals surface area (Å²) in [6.45, 7) is 13.5. The Morgan fingerprint density at radius 1 is 1.21 bits per heavy atom. The molecule has 2 nitrogen and oxygen atoms in total. The monoisotopic (exact) mass is 201 g/mol. The first-order valence-electron chi connectivity index (χ1n) is 5.66. The fraction of sp³-hybridized carbons (Fsp3) is 1.00. The summed E-state index contributed by atoms with van der Waals surface area (Å²) in [5, 5.41) is 13.5. The maximum atomic E-state index is 10.1. The van der Waals surface area contributed by atoms with Gasteiger partial charge < -0.3 is 10.4 Å². The second kappa shape index (κ2) is 5.13. The van der Waals surface area contributed by atoms with Crippen LogP contribution in [0.4, 0.5) is 0 Å². The fourth-order valence-corrected chi connectivity index (χ4v) is 1.38. The van der Waals surface area contributed by atoms with E-state index in [9.17, 15) is 5.11 Å². The molecule has 2 atom stereocenters. The van der Waals surface area contributed by atoms with E-state index < -0.39 is 5.60 Å². The van der Waals surface area contributed by atoms with Crippen molar-refractivity contribution in [2.75, 3.05) is 6.54 Å². The van der Waals surface area contributed by atoms with Crippen LogP contribution in [0.25, 0.3) is 0 Å². The summed E-state index contributed by atoms with van der Waals surface area (Å²) in [6, 6.07) is 0. The molecule has 0 aromatic heterocycles. The molecule has 0 heterocycles. The van der Waals surface area contributed by atoms with E-state index in [1.165, 1.54) is 0 Å². The molecule has 0 amide bonds. The first-order chi connectivity index (χ1) is 6.19. The molecule has 0 aromatic carbocycles. The lowest BCUT2D eigenvalue weighted by atomic mass is 9.86. The molecule has 0 aliphatic heterocycles. The molecule has 0 aliphatic carbocycles. The molecule has 2 unspecified atom stereocenters. The Morgan fingerprint density at radius 2 is 1.71 bits per heavy atom. The first-order valence-corrected chi connectivity index (χ1v) is 5.66. The summed E-state index contributed by atoms with van der Waals surface area (Å²) in [4.78, 5) is 0. The Balaban J connectivity index is 3.88. The highest BCUT2D eigenvalue weighted by atomic mass is 16.3. The summed E-state index contributed by atoms with van der Waals surface area (Å²) in [5.41, 5.74) is -0.390. The van der Waals surface area contributed by atoms with Gasteiger partial charge in [-0.25, -0.2) is 0 Å². The normalized spacial score (nSPS) is 19.1. The molecular weight excluding hydrogens is 174 g/mol. The highest BCUT2D eigenvalue weighted by molar-refractivity contribution is 4.81. The molecule has 0 aromatic rings. The van der Waals surface area contributed by atoms with Crippen molar-refractivity contribution in [3.8, 4) is 0 Å². The zero-order chi connectivity index (χ0) is 11.4. The Morgan fingerprint density at radius 3 is 2.07 bits per heavy atom. The van der Waals surface area contributed by atoms with E-state index in [4.69, 9.17) is 0 Å². The van der Waals surface area contributed by atoms with Crippen LogP contribution in [-0.2, 0) is 0 Å². The minimum atomic E-state index is -0.535. The van der Waals surface area contributed by atoms with Gasteiger partial charge in [0.15, 0.2) is 0 Å². The van der Waals surface area contributed by atoms with Crippen molar-refractivity contribution in [2.24, 2.45) is 5.92 Å². The quantitative estimate of drug-likeness (QED) is 0.716. The van der Waals surface area contributed by atoms with Gasteiger partial charge in [0.1, 0.15) is 0 Å². The molecule has 0 spiro atoms. The van der Waals surface area contributed by atoms with Gasteiger partial charge in [-0.2, -0.15) is 0 Å². The van der Waals surface area contributed by atoms with E-state index in [2.05, 4.69) is 39.9 Å². The standard InChI is InChI=1S/C12H27NO/c1-7-10(2)12(6,14)8-9-13-11(3,4)5/h10,13-14H,7-9H2,1-6H3. The number of nitrogens with one attached hydrogen (secondary N) is 1. The number of hydrogen-bond acceptors (Lipinski definition) is 2. The third-order valence-corrected chi connectivity index (χ3v) is 2.96. The number of hydrogen-bond donors (Lipinski definition) is 2. The highest BCUT2D eigenvalue weighted by Gasteiger charge is 2.26. The second-order valence-corrected chi connectivity index (χ2v) is 5.59. The smallest absolute Gasteiger partial charge is 0.0657 e. The zero-order valence-electron chi connectivity index (χ0n) is 10.6. The van der Waals surface area contributed by atoms with E-state index in [0.717, 1.165) is 19.4 Å². The van der Waals surface area contributed by atoms with Gasteiger partial charge in [0, 0.05) is 5.54 Å². The van der Waals surface area contributed by atoms with Crippen molar-refractivity contribution in [3.63, 3.8) is 0 Å². The van der Waals surface area contributed by atoms with Crippen molar-refractivity contribution < 1.29 is 5.11 Å². The molecule has 2 N–H and O–H groups in total. The fourth-order valence-electron chi connectivity index (χ4n) is 1.38. The zero-order valence-corrected chi connectivity index (χ0v) is 10.6. The largest absolute Gasteiger partial charge is 0.390 e. The molecule has 0 aliphatic rings. The molecule has 0 radical (unpaired) electrons. The van der Waals surface area contributed by atoms with Gasteiger partial charge in [0.25, 0.3) is 0 Å². The molecule has 86 valence electrons. The van der Waals surface area contributed by atoms with Gasteiger partial charge in [-0.1, -0.05) is 20.3 Å². The Labute approximate surface area is 89.1 Å². The average Bonchev–Trinajstić information content (AvgIpc) is 2.00. The Hall–Kier alpha value is -0.0800. The molecule has 14 heavy (non-hydrogen) atoms. The molecule has 0 rings (SSSR count). The van der Waals surface area contributed by atoms with Crippen molar-refractivity contribution in [2.45, 2.75) is 65.5 Å². The maximum Gasteiger partial charge on any atom is 0.0657 e. The minimum Gasteiger partial charge on any atom is -0.390 e. The van der Waals surface area contributed by atoms with Crippen LogP contribution in [0.3, 0.4) is 0 Å². The van der Waals surface area contributed by atoms with Gasteiger partial charge in [0.05, 0.1) is 5.60 Å². The van der Waals surface area contributed by atoms with Crippen LogP contribution >= 0.6 is 0 Å². The second-order valence-electron chi connectivity index (χ2n) is 5.59. The molecule has 0 saturated heterocycles. The van der Waals surface area contributed by atoms with Crippen LogP contribution in [0.5, 0.6) is 0 Å². The maximum absolute atomic E-state index is 10.1. The molecule has 0 saturated carbocycles. The van der Waals surface area contributed by atoms with Crippen LogP contribution in [-0.4, -0.2) is 22.8 Å². The summed E-state index contributed by atoms with van der Waals surface area (Å²) >= 11 is 0. The third-order valence-electron chi connectivity index (χ3n) is 2.96. The lowest BCUT2D eigenvalue weighted by Gasteiger charge is -2.31. The van der Waals surface area contributed by atoms with Crippen molar-refractivity contribution in [1.29, 1.82) is 0 Å². The van der Waals surface area contributed by atoms with E-state index in [1.54, 1.807) is 0 Å². The summed E-state index contributed by atoms with van der Waals surface area (Å²) in [7, 11) is 0. The van der Waals surface area contributed by atoms with Gasteiger partial charge in [-0.05, 0) is 46.6 Å². The van der Waals surface area contributed by atoms with Gasteiger partial charge in [-0.3, -0.25) is 0 Å². The molecule has 0 fully saturated rings. The van der Waals surface area contributed by atoms with Crippen LogP contribution in [0.15, 0.2) is 0 Å². The predicted octanol–water partition coefficient (Wildman–Crippen LogP) is 2.56. The van der Waals surface area contributed by atoms with Crippen LogP contribution < -0.4 is 5.32 Å². The predicted molar refractivity (Wildman–Crippen MR) is 62.5 cm³/mol. The summed E-state index contributed by atoms with van der Waals surface area (Å²) in [5.74, 6) is 0.365. The van der Waals surface area contributed by atoms with Gasteiger partial charge >= 0.3 is 0 Å². The third kappa shape index (κ3) is 5.61. The Kier molecular flexibility index (Phi) is 5.10. The summed E-state index contributed by atoms with van der Waals surface area (Å²) < 4.78 is 0. The van der Waals surface area contributed by atoms with Crippen LogP contribution in [0, 0.1) is 5.92 Å². The highest BCUT2D eigenvalue weighted by Crippen LogP contribution is 2.23. The molecule has 0 bridgehead atoms. The van der Waals surface area contributed by atoms with E-state index in [0.29, 0.717) is 5.92 Å². The van der Waals surface area contributed by atoms with Gasteiger partial charge in [0.2, 0.25) is 0 Å². The minimum absolute atomic E-state index is 0.144. The number of rotatable bonds is 5. The Bertz CT molecular complexity index is 158. The van der Waals surface area contributed by atoms with E-state index >= 15 is 0 Å². The topological polar surface area (TPSA) is 32.3 Å². The van der Waals surface area contributed by atoms with Crippen LogP contribution in [0.2, 0.25) is 0 Å². The number of aliphatic hydroxyl groups is 1. The summed E-state index contributed by atoms with van der Waals surface area (Å²) in [6.07, 6.45) is 1.85. The van der Waals surface area contributed by atoms with Crippen molar-refractivity contribution in [1.82, 2.24) is 5.32 Å². The first kappa shape index (κ1) is 13.9. The van der Waals surface area contributed by atoms with Gasteiger partial charge in [-0.15, -0.1) is 0 Å². The molecular formula is C12H27NO. The van der Waals surface area contributed by atoms with E-state index in [-0.39, 0.29) is 5.54 Å². The van der Waals surface area contributed by atoms with E-state index in [1.807, 2.05) is 6.92 Å². The SMILES string of the molecule is CCC(C)C(C)(O)CCNC(C)(C)C. The lowest BCUT2D eigenvalue weighted by Crippen LogP contribution is -2.41. The lowest BCUT2D eigenvalue weighted by molar-refractivity contribution is -0.00374. The average molecular weight is 201 g/mol.